The summed E-state index contributed by atoms with van der Waals surface area (Å²) >= 11 is 0. The Morgan fingerprint density at radius 2 is 1.90 bits per heavy atom. The van der Waals surface area contributed by atoms with Crippen molar-refractivity contribution in [3.63, 3.8) is 0 Å². The highest BCUT2D eigenvalue weighted by Crippen LogP contribution is 2.17. The first-order chi connectivity index (χ1) is 9.34. The number of halogens is 1. The van der Waals surface area contributed by atoms with Gasteiger partial charge in [-0.25, -0.2) is 4.57 Å². The van der Waals surface area contributed by atoms with Gasteiger partial charge in [-0.2, -0.15) is 0 Å². The molecule has 4 heteroatoms. The minimum atomic E-state index is 0. The number of pyridine rings is 1. The van der Waals surface area contributed by atoms with Gasteiger partial charge < -0.3 is 29.0 Å². The third-order valence-electron chi connectivity index (χ3n) is 3.43. The molecular weight excluding hydrogens is 361 g/mol. The molecule has 0 aliphatic heterocycles. The molecule has 3 rings (SSSR count). The van der Waals surface area contributed by atoms with Gasteiger partial charge >= 0.3 is 0 Å². The molecule has 2 N–H and O–H groups in total. The number of fused-ring (bicyclic) bond motifs is 1. The van der Waals surface area contributed by atoms with E-state index in [9.17, 15) is 0 Å². The van der Waals surface area contributed by atoms with Gasteiger partial charge in [0.2, 0.25) is 0 Å². The summed E-state index contributed by atoms with van der Waals surface area (Å²) in [4.78, 5) is 3.32. The van der Waals surface area contributed by atoms with Gasteiger partial charge in [0.1, 0.15) is 0 Å². The van der Waals surface area contributed by atoms with E-state index in [1.54, 1.807) is 0 Å². The Hall–Kier alpha value is -1.56. The number of benzene rings is 1. The van der Waals surface area contributed by atoms with Gasteiger partial charge in [-0.1, -0.05) is 24.3 Å². The lowest BCUT2D eigenvalue weighted by Crippen LogP contribution is -3.00. The fourth-order valence-corrected chi connectivity index (χ4v) is 2.37. The standard InChI is InChI=1S/C16H17N3.HI/c1-19-11-5-4-8-16(19)17-10-9-13-12-18-15-7-3-2-6-14(13)15;/h2-8,11-12,18H,9-10H2,1H3;1H. The number of hydrogen-bond donors (Lipinski definition) is 2. The fraction of sp³-hybridized carbons (Fsp3) is 0.188. The van der Waals surface area contributed by atoms with Crippen LogP contribution in [0.4, 0.5) is 5.82 Å². The van der Waals surface area contributed by atoms with Crippen molar-refractivity contribution in [3.8, 4) is 0 Å². The zero-order chi connectivity index (χ0) is 13.1. The van der Waals surface area contributed by atoms with Crippen molar-refractivity contribution >= 4 is 16.7 Å². The highest BCUT2D eigenvalue weighted by atomic mass is 127. The number of aromatic nitrogens is 2. The predicted molar refractivity (Wildman–Crippen MR) is 78.1 cm³/mol. The van der Waals surface area contributed by atoms with Gasteiger partial charge in [-0.05, 0) is 17.7 Å². The second kappa shape index (κ2) is 6.74. The van der Waals surface area contributed by atoms with Crippen molar-refractivity contribution in [3.05, 3.63) is 60.4 Å². The number of rotatable bonds is 4. The molecule has 0 aliphatic carbocycles. The number of para-hydroxylation sites is 1. The van der Waals surface area contributed by atoms with E-state index in [1.165, 1.54) is 16.5 Å². The zero-order valence-electron chi connectivity index (χ0n) is 11.4. The molecule has 0 aliphatic rings. The normalized spacial score (nSPS) is 10.2. The van der Waals surface area contributed by atoms with Crippen LogP contribution in [0, 0.1) is 0 Å². The molecule has 2 aromatic heterocycles. The molecule has 0 amide bonds. The van der Waals surface area contributed by atoms with Crippen molar-refractivity contribution in [1.82, 2.24) is 4.98 Å². The van der Waals surface area contributed by atoms with E-state index in [0.717, 1.165) is 18.8 Å². The molecule has 104 valence electrons. The first kappa shape index (κ1) is 14.8. The van der Waals surface area contributed by atoms with Crippen LogP contribution in [0.15, 0.2) is 54.9 Å². The SMILES string of the molecule is C[n+]1ccccc1NCCc1c[nH]c2ccccc12.[I-]. The summed E-state index contributed by atoms with van der Waals surface area (Å²) in [6, 6.07) is 14.6. The maximum absolute atomic E-state index is 3.46. The fourth-order valence-electron chi connectivity index (χ4n) is 2.37. The van der Waals surface area contributed by atoms with Gasteiger partial charge in [-0.15, -0.1) is 0 Å². The van der Waals surface area contributed by atoms with Crippen molar-refractivity contribution in [1.29, 1.82) is 0 Å². The Balaban J connectivity index is 0.00000147. The summed E-state index contributed by atoms with van der Waals surface area (Å²) in [5, 5.41) is 4.79. The molecule has 3 aromatic rings. The van der Waals surface area contributed by atoms with Crippen LogP contribution < -0.4 is 33.9 Å². The molecule has 0 saturated heterocycles. The Labute approximate surface area is 136 Å². The van der Waals surface area contributed by atoms with Crippen molar-refractivity contribution in [2.75, 3.05) is 11.9 Å². The molecule has 0 unspecified atom stereocenters. The molecule has 0 fully saturated rings. The van der Waals surface area contributed by atoms with E-state index in [4.69, 9.17) is 0 Å². The van der Waals surface area contributed by atoms with Crippen molar-refractivity contribution < 1.29 is 28.5 Å². The van der Waals surface area contributed by atoms with Crippen LogP contribution in [0.1, 0.15) is 5.56 Å². The lowest BCUT2D eigenvalue weighted by molar-refractivity contribution is -0.657. The van der Waals surface area contributed by atoms with Gasteiger partial charge in [0, 0.05) is 29.6 Å². The summed E-state index contributed by atoms with van der Waals surface area (Å²) in [5.41, 5.74) is 2.57. The molecule has 0 saturated carbocycles. The second-order valence-electron chi connectivity index (χ2n) is 4.73. The van der Waals surface area contributed by atoms with Crippen molar-refractivity contribution in [2.45, 2.75) is 6.42 Å². The van der Waals surface area contributed by atoms with Gasteiger partial charge in [0.25, 0.3) is 5.82 Å². The van der Waals surface area contributed by atoms with E-state index in [2.05, 4.69) is 51.4 Å². The van der Waals surface area contributed by atoms with Crippen molar-refractivity contribution in [2.24, 2.45) is 7.05 Å². The number of aromatic amines is 1. The van der Waals surface area contributed by atoms with E-state index < -0.39 is 0 Å². The minimum absolute atomic E-state index is 0. The van der Waals surface area contributed by atoms with E-state index in [-0.39, 0.29) is 24.0 Å². The van der Waals surface area contributed by atoms with Crippen LogP contribution in [-0.2, 0) is 13.5 Å². The molecule has 0 bridgehead atoms. The predicted octanol–water partition coefficient (Wildman–Crippen LogP) is -0.349. The topological polar surface area (TPSA) is 31.7 Å². The summed E-state index contributed by atoms with van der Waals surface area (Å²) < 4.78 is 2.09. The Kier molecular flexibility index (Phi) is 5.00. The van der Waals surface area contributed by atoms with Crippen LogP contribution in [0.2, 0.25) is 0 Å². The smallest absolute Gasteiger partial charge is 0.274 e. The number of hydrogen-bond acceptors (Lipinski definition) is 1. The Bertz CT molecular complexity index is 691. The molecule has 0 spiro atoms. The highest BCUT2D eigenvalue weighted by molar-refractivity contribution is 5.83. The molecule has 1 aromatic carbocycles. The number of H-pyrrole nitrogens is 1. The molecule has 2 heterocycles. The average molecular weight is 379 g/mol. The third kappa shape index (κ3) is 3.12. The number of aryl methyl sites for hydroxylation is 1. The van der Waals surface area contributed by atoms with Crippen LogP contribution in [-0.4, -0.2) is 11.5 Å². The van der Waals surface area contributed by atoms with Crippen LogP contribution in [0.3, 0.4) is 0 Å². The molecule has 20 heavy (non-hydrogen) atoms. The first-order valence-electron chi connectivity index (χ1n) is 6.58. The minimum Gasteiger partial charge on any atom is -1.00 e. The largest absolute Gasteiger partial charge is 1.00 e. The maximum atomic E-state index is 3.46. The molecule has 0 radical (unpaired) electrons. The van der Waals surface area contributed by atoms with E-state index in [0.29, 0.717) is 0 Å². The third-order valence-corrected chi connectivity index (χ3v) is 3.43. The van der Waals surface area contributed by atoms with E-state index >= 15 is 0 Å². The molecule has 3 nitrogen and oxygen atoms in total. The summed E-state index contributed by atoms with van der Waals surface area (Å²) in [7, 11) is 2.05. The Morgan fingerprint density at radius 3 is 2.75 bits per heavy atom. The first-order valence-corrected chi connectivity index (χ1v) is 6.58. The summed E-state index contributed by atoms with van der Waals surface area (Å²) in [6.07, 6.45) is 5.17. The second-order valence-corrected chi connectivity index (χ2v) is 4.73. The summed E-state index contributed by atoms with van der Waals surface area (Å²) in [6.45, 7) is 0.930. The number of nitrogens with one attached hydrogen (secondary N) is 2. The quantitative estimate of drug-likeness (QED) is 0.472. The average Bonchev–Trinajstić information content (AvgIpc) is 2.85. The monoisotopic (exact) mass is 379 g/mol. The summed E-state index contributed by atoms with van der Waals surface area (Å²) in [5.74, 6) is 1.14. The zero-order valence-corrected chi connectivity index (χ0v) is 13.6. The lowest BCUT2D eigenvalue weighted by atomic mass is 10.1. The number of nitrogens with zero attached hydrogens (tertiary/aromatic N) is 1. The van der Waals surface area contributed by atoms with Gasteiger partial charge in [0.15, 0.2) is 0 Å². The highest BCUT2D eigenvalue weighted by Gasteiger charge is 2.06. The Morgan fingerprint density at radius 1 is 1.10 bits per heavy atom. The lowest BCUT2D eigenvalue weighted by Gasteiger charge is -2.02. The van der Waals surface area contributed by atoms with Gasteiger partial charge in [0.05, 0.1) is 19.8 Å². The number of anilines is 1. The van der Waals surface area contributed by atoms with E-state index in [1.807, 2.05) is 25.4 Å². The van der Waals surface area contributed by atoms with Crippen LogP contribution in [0.5, 0.6) is 0 Å². The molecular formula is C16H18IN3. The van der Waals surface area contributed by atoms with Crippen LogP contribution >= 0.6 is 0 Å². The van der Waals surface area contributed by atoms with Crippen LogP contribution in [0.25, 0.3) is 10.9 Å². The molecule has 0 atom stereocenters. The van der Waals surface area contributed by atoms with Gasteiger partial charge in [-0.3, -0.25) is 5.32 Å². The maximum Gasteiger partial charge on any atom is 0.274 e.